The van der Waals surface area contributed by atoms with Crippen molar-refractivity contribution >= 4 is 11.8 Å². The van der Waals surface area contributed by atoms with Gasteiger partial charge in [0.15, 0.2) is 5.69 Å². The Bertz CT molecular complexity index is 837. The summed E-state index contributed by atoms with van der Waals surface area (Å²) in [5, 5.41) is 11.5. The Kier molecular flexibility index (Phi) is 5.88. The fourth-order valence-corrected chi connectivity index (χ4v) is 3.39. The third kappa shape index (κ3) is 4.53. The molecule has 7 heteroatoms. The van der Waals surface area contributed by atoms with Gasteiger partial charge in [0.25, 0.3) is 5.91 Å². The van der Waals surface area contributed by atoms with E-state index in [1.807, 2.05) is 30.9 Å². The summed E-state index contributed by atoms with van der Waals surface area (Å²) in [5.41, 5.74) is 3.92. The predicted octanol–water partition coefficient (Wildman–Crippen LogP) is 2.32. The van der Waals surface area contributed by atoms with Crippen molar-refractivity contribution < 1.29 is 9.59 Å². The van der Waals surface area contributed by atoms with E-state index in [0.29, 0.717) is 24.4 Å². The molecule has 3 rings (SSSR count). The van der Waals surface area contributed by atoms with Crippen LogP contribution >= 0.6 is 0 Å². The summed E-state index contributed by atoms with van der Waals surface area (Å²) in [6, 6.07) is 6.00. The highest BCUT2D eigenvalue weighted by Crippen LogP contribution is 2.15. The van der Waals surface area contributed by atoms with Crippen LogP contribution in [0.3, 0.4) is 0 Å². The Labute approximate surface area is 159 Å². The van der Waals surface area contributed by atoms with Crippen molar-refractivity contribution in [3.8, 4) is 5.69 Å². The van der Waals surface area contributed by atoms with E-state index in [4.69, 9.17) is 0 Å². The van der Waals surface area contributed by atoms with Gasteiger partial charge >= 0.3 is 0 Å². The SMILES string of the molecule is Cc1ccc(-n2nc(C)c(C(=O)NCCC(=O)N3CCCCC3)n2)c(C)c1. The second kappa shape index (κ2) is 8.33. The highest BCUT2D eigenvalue weighted by molar-refractivity contribution is 5.93. The van der Waals surface area contributed by atoms with Crippen molar-refractivity contribution in [2.75, 3.05) is 19.6 Å². The number of hydrogen-bond acceptors (Lipinski definition) is 4. The molecule has 1 aliphatic rings. The molecular weight excluding hydrogens is 342 g/mol. The van der Waals surface area contributed by atoms with Crippen LogP contribution in [-0.4, -0.2) is 51.3 Å². The van der Waals surface area contributed by atoms with Gasteiger partial charge in [0, 0.05) is 26.1 Å². The van der Waals surface area contributed by atoms with E-state index in [1.54, 1.807) is 6.92 Å². The fraction of sp³-hybridized carbons (Fsp3) is 0.500. The number of nitrogens with zero attached hydrogens (tertiary/aromatic N) is 4. The zero-order valence-corrected chi connectivity index (χ0v) is 16.3. The summed E-state index contributed by atoms with van der Waals surface area (Å²) in [5.74, 6) is -0.194. The molecule has 7 nitrogen and oxygen atoms in total. The summed E-state index contributed by atoms with van der Waals surface area (Å²) in [6.07, 6.45) is 3.64. The normalized spacial score (nSPS) is 14.3. The third-order valence-electron chi connectivity index (χ3n) is 4.90. The summed E-state index contributed by atoms with van der Waals surface area (Å²) < 4.78 is 0. The molecule has 2 amide bonds. The highest BCUT2D eigenvalue weighted by Gasteiger charge is 2.19. The van der Waals surface area contributed by atoms with Crippen LogP contribution in [0.1, 0.15) is 53.0 Å². The van der Waals surface area contributed by atoms with Gasteiger partial charge in [0.2, 0.25) is 5.91 Å². The van der Waals surface area contributed by atoms with Gasteiger partial charge in [-0.3, -0.25) is 9.59 Å². The smallest absolute Gasteiger partial charge is 0.273 e. The number of nitrogens with one attached hydrogen (secondary N) is 1. The van der Waals surface area contributed by atoms with Crippen molar-refractivity contribution in [3.05, 3.63) is 40.7 Å². The maximum atomic E-state index is 12.5. The van der Waals surface area contributed by atoms with Gasteiger partial charge in [-0.25, -0.2) is 0 Å². The van der Waals surface area contributed by atoms with E-state index in [2.05, 4.69) is 21.6 Å². The van der Waals surface area contributed by atoms with Crippen molar-refractivity contribution in [3.63, 3.8) is 0 Å². The second-order valence-electron chi connectivity index (χ2n) is 7.16. The van der Waals surface area contributed by atoms with Gasteiger partial charge in [-0.2, -0.15) is 9.90 Å². The molecular formula is C20H27N5O2. The average molecular weight is 369 g/mol. The number of piperidine rings is 1. The predicted molar refractivity (Wildman–Crippen MR) is 103 cm³/mol. The lowest BCUT2D eigenvalue weighted by Crippen LogP contribution is -2.37. The summed E-state index contributed by atoms with van der Waals surface area (Å²) in [6.45, 7) is 7.76. The maximum absolute atomic E-state index is 12.5. The number of rotatable bonds is 5. The van der Waals surface area contributed by atoms with Gasteiger partial charge < -0.3 is 10.2 Å². The topological polar surface area (TPSA) is 80.1 Å². The largest absolute Gasteiger partial charge is 0.350 e. The molecule has 27 heavy (non-hydrogen) atoms. The Balaban J connectivity index is 1.60. The van der Waals surface area contributed by atoms with Crippen molar-refractivity contribution in [2.45, 2.75) is 46.5 Å². The molecule has 2 aromatic rings. The first-order valence-electron chi connectivity index (χ1n) is 9.53. The molecule has 1 saturated heterocycles. The van der Waals surface area contributed by atoms with Crippen LogP contribution in [0.2, 0.25) is 0 Å². The zero-order valence-electron chi connectivity index (χ0n) is 16.3. The first-order valence-corrected chi connectivity index (χ1v) is 9.53. The summed E-state index contributed by atoms with van der Waals surface area (Å²) >= 11 is 0. The monoisotopic (exact) mass is 369 g/mol. The molecule has 0 bridgehead atoms. The zero-order chi connectivity index (χ0) is 19.4. The number of aromatic nitrogens is 3. The quantitative estimate of drug-likeness (QED) is 0.877. The molecule has 0 atom stereocenters. The number of aryl methyl sites for hydroxylation is 3. The molecule has 0 aliphatic carbocycles. The number of benzene rings is 1. The number of carbonyl (C=O) groups is 2. The standard InChI is InChI=1S/C20H27N5O2/c1-14-7-8-17(15(2)13-14)25-22-16(3)19(23-25)20(27)21-10-9-18(26)24-11-5-4-6-12-24/h7-8,13H,4-6,9-12H2,1-3H3,(H,21,27). The van der Waals surface area contributed by atoms with E-state index in [0.717, 1.165) is 42.7 Å². The van der Waals surface area contributed by atoms with Crippen molar-refractivity contribution in [1.29, 1.82) is 0 Å². The van der Waals surface area contributed by atoms with Crippen LogP contribution in [0.25, 0.3) is 5.69 Å². The Morgan fingerprint density at radius 3 is 2.52 bits per heavy atom. The molecule has 144 valence electrons. The van der Waals surface area contributed by atoms with E-state index < -0.39 is 0 Å². The lowest BCUT2D eigenvalue weighted by molar-refractivity contribution is -0.131. The minimum absolute atomic E-state index is 0.102. The van der Waals surface area contributed by atoms with Crippen LogP contribution < -0.4 is 5.32 Å². The van der Waals surface area contributed by atoms with E-state index in [-0.39, 0.29) is 11.8 Å². The number of carbonyl (C=O) groups excluding carboxylic acids is 2. The molecule has 0 saturated carbocycles. The summed E-state index contributed by atoms with van der Waals surface area (Å²) in [7, 11) is 0. The summed E-state index contributed by atoms with van der Waals surface area (Å²) in [4.78, 5) is 28.0. The number of hydrogen-bond donors (Lipinski definition) is 1. The van der Waals surface area contributed by atoms with Gasteiger partial charge in [0.05, 0.1) is 11.4 Å². The second-order valence-corrected chi connectivity index (χ2v) is 7.16. The third-order valence-corrected chi connectivity index (χ3v) is 4.90. The van der Waals surface area contributed by atoms with Crippen LogP contribution in [0, 0.1) is 20.8 Å². The van der Waals surface area contributed by atoms with Crippen molar-refractivity contribution in [2.24, 2.45) is 0 Å². The lowest BCUT2D eigenvalue weighted by Gasteiger charge is -2.26. The number of likely N-dealkylation sites (tertiary alicyclic amines) is 1. The Morgan fingerprint density at radius 1 is 1.07 bits per heavy atom. The highest BCUT2D eigenvalue weighted by atomic mass is 16.2. The van der Waals surface area contributed by atoms with Crippen LogP contribution in [0.4, 0.5) is 0 Å². The molecule has 0 unspecified atom stereocenters. The van der Waals surface area contributed by atoms with E-state index in [9.17, 15) is 9.59 Å². The minimum atomic E-state index is -0.296. The van der Waals surface area contributed by atoms with E-state index >= 15 is 0 Å². The molecule has 2 heterocycles. The Morgan fingerprint density at radius 2 is 1.81 bits per heavy atom. The van der Waals surface area contributed by atoms with Crippen LogP contribution in [0.5, 0.6) is 0 Å². The van der Waals surface area contributed by atoms with Crippen LogP contribution in [-0.2, 0) is 4.79 Å². The minimum Gasteiger partial charge on any atom is -0.350 e. The Hall–Kier alpha value is -2.70. The number of amides is 2. The molecule has 1 aromatic heterocycles. The molecule has 1 aliphatic heterocycles. The molecule has 0 spiro atoms. The lowest BCUT2D eigenvalue weighted by atomic mass is 10.1. The molecule has 1 N–H and O–H groups in total. The molecule has 1 aromatic carbocycles. The first-order chi connectivity index (χ1) is 13.0. The van der Waals surface area contributed by atoms with Gasteiger partial charge in [0.1, 0.15) is 0 Å². The van der Waals surface area contributed by atoms with Gasteiger partial charge in [-0.15, -0.1) is 5.10 Å². The van der Waals surface area contributed by atoms with Gasteiger partial charge in [-0.05, 0) is 51.7 Å². The van der Waals surface area contributed by atoms with Gasteiger partial charge in [-0.1, -0.05) is 17.7 Å². The maximum Gasteiger partial charge on any atom is 0.273 e. The van der Waals surface area contributed by atoms with E-state index in [1.165, 1.54) is 11.2 Å². The van der Waals surface area contributed by atoms with Crippen LogP contribution in [0.15, 0.2) is 18.2 Å². The molecule has 0 radical (unpaired) electrons. The average Bonchev–Trinajstić information content (AvgIpc) is 3.03. The first kappa shape index (κ1) is 19.1. The molecule has 1 fully saturated rings. The van der Waals surface area contributed by atoms with Crippen molar-refractivity contribution in [1.82, 2.24) is 25.2 Å². The fourth-order valence-electron chi connectivity index (χ4n) is 3.39.